The molecule has 0 amide bonds. The standard InChI is InChI=1S/C24H26FN3O/c25-20-7-5-18(6-8-20)22-21-4-2-1-3-17(21)9-14-28(22)23-26-15-24(29-23)16-27-12-10-19(24)11-13-27/h1-8,19,22H,9-16H2/t22-,24?/m0/s1. The first-order chi connectivity index (χ1) is 14.2. The minimum absolute atomic E-state index is 0.00975. The molecule has 5 heterocycles. The molecule has 150 valence electrons. The fraction of sp³-hybridized carbons (Fsp3) is 0.458. The Morgan fingerprint density at radius 2 is 1.79 bits per heavy atom. The number of benzene rings is 2. The maximum Gasteiger partial charge on any atom is 0.288 e. The molecule has 2 bridgehead atoms. The van der Waals surface area contributed by atoms with Gasteiger partial charge in [0.05, 0.1) is 12.6 Å². The molecular formula is C24H26FN3O. The molecule has 4 nitrogen and oxygen atoms in total. The van der Waals surface area contributed by atoms with Crippen LogP contribution < -0.4 is 0 Å². The smallest absolute Gasteiger partial charge is 0.288 e. The number of fused-ring (bicyclic) bond motifs is 3. The summed E-state index contributed by atoms with van der Waals surface area (Å²) >= 11 is 0. The lowest BCUT2D eigenvalue weighted by Crippen LogP contribution is -2.61. The van der Waals surface area contributed by atoms with E-state index in [1.807, 2.05) is 12.1 Å². The Bertz CT molecular complexity index is 951. The molecule has 29 heavy (non-hydrogen) atoms. The summed E-state index contributed by atoms with van der Waals surface area (Å²) in [5.41, 5.74) is 3.57. The van der Waals surface area contributed by atoms with Crippen molar-refractivity contribution < 1.29 is 9.13 Å². The molecule has 0 radical (unpaired) electrons. The van der Waals surface area contributed by atoms with Crippen molar-refractivity contribution in [3.05, 3.63) is 71.0 Å². The highest BCUT2D eigenvalue weighted by atomic mass is 19.1. The molecule has 2 aromatic rings. The van der Waals surface area contributed by atoms with Crippen LogP contribution in [0.2, 0.25) is 0 Å². The molecule has 2 atom stereocenters. The van der Waals surface area contributed by atoms with Gasteiger partial charge in [0.1, 0.15) is 11.4 Å². The summed E-state index contributed by atoms with van der Waals surface area (Å²) in [5.74, 6) is 0.403. The molecule has 0 saturated carbocycles. The van der Waals surface area contributed by atoms with Crippen molar-refractivity contribution >= 4 is 6.02 Å². The van der Waals surface area contributed by atoms with E-state index in [2.05, 4.69) is 34.1 Å². The van der Waals surface area contributed by atoms with Crippen LogP contribution in [0.15, 0.2) is 53.5 Å². The third-order valence-electron chi connectivity index (χ3n) is 7.31. The van der Waals surface area contributed by atoms with E-state index in [0.29, 0.717) is 5.92 Å². The van der Waals surface area contributed by atoms with Crippen LogP contribution in [0.5, 0.6) is 0 Å². The summed E-state index contributed by atoms with van der Waals surface area (Å²) in [5, 5.41) is 0. The summed E-state index contributed by atoms with van der Waals surface area (Å²) in [6.07, 6.45) is 3.40. The number of hydrogen-bond acceptors (Lipinski definition) is 4. The normalized spacial score (nSPS) is 32.8. The monoisotopic (exact) mass is 391 g/mol. The predicted octanol–water partition coefficient (Wildman–Crippen LogP) is 3.62. The Morgan fingerprint density at radius 3 is 2.55 bits per heavy atom. The van der Waals surface area contributed by atoms with Gasteiger partial charge in [0.15, 0.2) is 0 Å². The first-order valence-electron chi connectivity index (χ1n) is 10.8. The van der Waals surface area contributed by atoms with E-state index < -0.39 is 0 Å². The highest BCUT2D eigenvalue weighted by Crippen LogP contribution is 2.43. The zero-order valence-corrected chi connectivity index (χ0v) is 16.6. The van der Waals surface area contributed by atoms with E-state index in [1.54, 1.807) is 12.1 Å². The largest absolute Gasteiger partial charge is 0.455 e. The SMILES string of the molecule is Fc1ccc([C@H]2c3ccccc3CCN2C2=NCC3(CN4CCC3CC4)O2)cc1. The van der Waals surface area contributed by atoms with Crippen molar-refractivity contribution in [1.29, 1.82) is 0 Å². The van der Waals surface area contributed by atoms with Gasteiger partial charge >= 0.3 is 0 Å². The third kappa shape index (κ3) is 2.78. The highest BCUT2D eigenvalue weighted by molar-refractivity contribution is 5.78. The maximum absolute atomic E-state index is 13.6. The van der Waals surface area contributed by atoms with Crippen LogP contribution in [0.4, 0.5) is 4.39 Å². The number of nitrogens with zero attached hydrogens (tertiary/aromatic N) is 3. The van der Waals surface area contributed by atoms with Gasteiger partial charge in [-0.05, 0) is 61.2 Å². The van der Waals surface area contributed by atoms with Crippen LogP contribution in [-0.2, 0) is 11.2 Å². The molecule has 3 saturated heterocycles. The van der Waals surface area contributed by atoms with Gasteiger partial charge in [-0.3, -0.25) is 4.90 Å². The van der Waals surface area contributed by atoms with Crippen molar-refractivity contribution in [3.8, 4) is 0 Å². The number of amidine groups is 1. The lowest BCUT2D eigenvalue weighted by molar-refractivity contribution is -0.0895. The van der Waals surface area contributed by atoms with Crippen LogP contribution in [0.25, 0.3) is 0 Å². The van der Waals surface area contributed by atoms with Gasteiger partial charge in [-0.25, -0.2) is 9.38 Å². The van der Waals surface area contributed by atoms with Crippen molar-refractivity contribution in [3.63, 3.8) is 0 Å². The average Bonchev–Trinajstić information content (AvgIpc) is 3.17. The Labute approximate surface area is 171 Å². The van der Waals surface area contributed by atoms with E-state index >= 15 is 0 Å². The number of ether oxygens (including phenoxy) is 1. The van der Waals surface area contributed by atoms with Gasteiger partial charge in [-0.1, -0.05) is 36.4 Å². The summed E-state index contributed by atoms with van der Waals surface area (Å²) in [7, 11) is 0. The average molecular weight is 391 g/mol. The summed E-state index contributed by atoms with van der Waals surface area (Å²) in [6.45, 7) is 5.01. The first kappa shape index (κ1) is 17.5. The van der Waals surface area contributed by atoms with Crippen LogP contribution in [0.3, 0.4) is 0 Å². The van der Waals surface area contributed by atoms with E-state index in [9.17, 15) is 4.39 Å². The Balaban J connectivity index is 1.35. The van der Waals surface area contributed by atoms with Crippen LogP contribution in [0.1, 0.15) is 35.6 Å². The van der Waals surface area contributed by atoms with Crippen LogP contribution in [0, 0.1) is 11.7 Å². The highest BCUT2D eigenvalue weighted by Gasteiger charge is 2.53. The molecule has 0 aromatic heterocycles. The second kappa shape index (κ2) is 6.56. The molecule has 5 aliphatic heterocycles. The van der Waals surface area contributed by atoms with Crippen molar-refractivity contribution in [2.24, 2.45) is 10.9 Å². The lowest BCUT2D eigenvalue weighted by Gasteiger charge is -2.50. The molecule has 0 aliphatic carbocycles. The Morgan fingerprint density at radius 1 is 1.00 bits per heavy atom. The zero-order valence-electron chi connectivity index (χ0n) is 16.6. The molecule has 2 aromatic carbocycles. The van der Waals surface area contributed by atoms with Crippen LogP contribution in [-0.4, -0.2) is 54.1 Å². The predicted molar refractivity (Wildman–Crippen MR) is 110 cm³/mol. The second-order valence-corrected chi connectivity index (χ2v) is 8.91. The molecule has 7 rings (SSSR count). The topological polar surface area (TPSA) is 28.1 Å². The quantitative estimate of drug-likeness (QED) is 0.743. The van der Waals surface area contributed by atoms with Gasteiger partial charge in [-0.2, -0.15) is 0 Å². The number of rotatable bonds is 1. The Kier molecular flexibility index (Phi) is 3.95. The minimum Gasteiger partial charge on any atom is -0.455 e. The Hall–Kier alpha value is -2.40. The first-order valence-corrected chi connectivity index (χ1v) is 10.8. The molecule has 1 spiro atoms. The van der Waals surface area contributed by atoms with Crippen LogP contribution >= 0.6 is 0 Å². The second-order valence-electron chi connectivity index (χ2n) is 8.91. The number of aliphatic imine (C=N–C) groups is 1. The van der Waals surface area contributed by atoms with E-state index in [4.69, 9.17) is 9.73 Å². The number of hydrogen-bond donors (Lipinski definition) is 0. The summed E-state index contributed by atoms with van der Waals surface area (Å²) < 4.78 is 20.3. The van der Waals surface area contributed by atoms with Gasteiger partial charge in [0.2, 0.25) is 0 Å². The fourth-order valence-corrected chi connectivity index (χ4v) is 5.79. The lowest BCUT2D eigenvalue weighted by atomic mass is 9.75. The number of piperidine rings is 3. The van der Waals surface area contributed by atoms with Gasteiger partial charge in [0, 0.05) is 19.0 Å². The zero-order chi connectivity index (χ0) is 19.4. The van der Waals surface area contributed by atoms with Crippen molar-refractivity contribution in [2.75, 3.05) is 32.7 Å². The van der Waals surface area contributed by atoms with E-state index in [1.165, 1.54) is 37.1 Å². The maximum atomic E-state index is 13.6. The minimum atomic E-state index is -0.204. The van der Waals surface area contributed by atoms with Crippen molar-refractivity contribution in [1.82, 2.24) is 9.80 Å². The third-order valence-corrected chi connectivity index (χ3v) is 7.31. The van der Waals surface area contributed by atoms with Crippen molar-refractivity contribution in [2.45, 2.75) is 30.9 Å². The molecule has 5 aliphatic rings. The van der Waals surface area contributed by atoms with E-state index in [0.717, 1.165) is 37.6 Å². The number of halogens is 1. The molecule has 1 unspecified atom stereocenters. The molecule has 5 heteroatoms. The summed E-state index contributed by atoms with van der Waals surface area (Å²) in [4.78, 5) is 9.78. The summed E-state index contributed by atoms with van der Waals surface area (Å²) in [6, 6.07) is 16.3. The molecular weight excluding hydrogens is 365 g/mol. The van der Waals surface area contributed by atoms with Gasteiger partial charge in [0.25, 0.3) is 6.02 Å². The van der Waals surface area contributed by atoms with Gasteiger partial charge in [-0.15, -0.1) is 0 Å². The van der Waals surface area contributed by atoms with Gasteiger partial charge < -0.3 is 9.64 Å². The molecule has 3 fully saturated rings. The van der Waals surface area contributed by atoms with E-state index in [-0.39, 0.29) is 17.5 Å². The fourth-order valence-electron chi connectivity index (χ4n) is 5.79. The molecule has 0 N–H and O–H groups in total.